The SMILES string of the molecule is Cl.O=Cc1ccc(-c2ccc3ncnc(Nc4ccc(OCc5cccc(F)c5)c(Cl)c4)c3c2)o1. The van der Waals surface area contributed by atoms with Crippen molar-refractivity contribution in [3.05, 3.63) is 101 Å². The van der Waals surface area contributed by atoms with Gasteiger partial charge in [-0.05, 0) is 66.2 Å². The molecule has 0 saturated carbocycles. The summed E-state index contributed by atoms with van der Waals surface area (Å²) in [6.45, 7) is 0.197. The highest BCUT2D eigenvalue weighted by Gasteiger charge is 2.11. The average Bonchev–Trinajstić information content (AvgIpc) is 3.33. The van der Waals surface area contributed by atoms with Crippen LogP contribution >= 0.6 is 24.0 Å². The number of rotatable bonds is 7. The van der Waals surface area contributed by atoms with E-state index in [9.17, 15) is 9.18 Å². The fourth-order valence-corrected chi connectivity index (χ4v) is 3.74. The summed E-state index contributed by atoms with van der Waals surface area (Å²) >= 11 is 6.42. The van der Waals surface area contributed by atoms with Crippen LogP contribution in [-0.4, -0.2) is 16.3 Å². The maximum Gasteiger partial charge on any atom is 0.185 e. The van der Waals surface area contributed by atoms with E-state index in [-0.39, 0.29) is 30.6 Å². The van der Waals surface area contributed by atoms with Crippen LogP contribution in [-0.2, 0) is 6.61 Å². The predicted molar refractivity (Wildman–Crippen MR) is 135 cm³/mol. The van der Waals surface area contributed by atoms with Gasteiger partial charge in [-0.1, -0.05) is 23.7 Å². The highest BCUT2D eigenvalue weighted by atomic mass is 35.5. The molecule has 0 aliphatic rings. The summed E-state index contributed by atoms with van der Waals surface area (Å²) in [4.78, 5) is 19.6. The van der Waals surface area contributed by atoms with Gasteiger partial charge in [0.1, 0.15) is 36.1 Å². The summed E-state index contributed by atoms with van der Waals surface area (Å²) in [5.74, 6) is 1.57. The number of anilines is 2. The van der Waals surface area contributed by atoms with Crippen molar-refractivity contribution >= 4 is 52.7 Å². The molecule has 176 valence electrons. The second kappa shape index (κ2) is 10.5. The molecular formula is C26H18Cl2FN3O3. The number of fused-ring (bicyclic) bond motifs is 1. The third-order valence-electron chi connectivity index (χ3n) is 5.14. The topological polar surface area (TPSA) is 77.2 Å². The lowest BCUT2D eigenvalue weighted by Crippen LogP contribution is -1.98. The van der Waals surface area contributed by atoms with Crippen LogP contribution in [0.4, 0.5) is 15.9 Å². The molecule has 2 heterocycles. The van der Waals surface area contributed by atoms with Crippen molar-refractivity contribution in [3.8, 4) is 17.1 Å². The molecule has 5 rings (SSSR count). The molecule has 2 aromatic heterocycles. The molecule has 0 spiro atoms. The molecule has 0 aliphatic carbocycles. The Morgan fingerprint density at radius 2 is 1.91 bits per heavy atom. The molecule has 6 nitrogen and oxygen atoms in total. The monoisotopic (exact) mass is 509 g/mol. The van der Waals surface area contributed by atoms with Gasteiger partial charge in [-0.3, -0.25) is 4.79 Å². The summed E-state index contributed by atoms with van der Waals surface area (Å²) in [5, 5.41) is 4.43. The van der Waals surface area contributed by atoms with Crippen LogP contribution in [0.3, 0.4) is 0 Å². The van der Waals surface area contributed by atoms with Gasteiger partial charge in [0.05, 0.1) is 10.5 Å². The number of furan rings is 1. The standard InChI is InChI=1S/C26H17ClFN3O3.ClH/c27-22-12-19(5-8-25(22)33-14-16-2-1-3-18(28)10-16)31-26-21-11-17(4-7-23(21)29-15-30-26)24-9-6-20(13-32)34-24;/h1-13,15H,14H2,(H,29,30,31);1H. The van der Waals surface area contributed by atoms with Crippen molar-refractivity contribution < 1.29 is 18.3 Å². The molecule has 0 fully saturated rings. The first kappa shape index (κ1) is 24.2. The molecule has 0 saturated heterocycles. The summed E-state index contributed by atoms with van der Waals surface area (Å²) < 4.78 is 24.6. The average molecular weight is 510 g/mol. The summed E-state index contributed by atoms with van der Waals surface area (Å²) in [7, 11) is 0. The van der Waals surface area contributed by atoms with Crippen LogP contribution in [0, 0.1) is 5.82 Å². The van der Waals surface area contributed by atoms with E-state index < -0.39 is 0 Å². The molecule has 0 unspecified atom stereocenters. The fourth-order valence-electron chi connectivity index (χ4n) is 3.50. The number of aldehydes is 1. The number of benzene rings is 3. The maximum atomic E-state index is 13.4. The highest BCUT2D eigenvalue weighted by molar-refractivity contribution is 6.32. The smallest absolute Gasteiger partial charge is 0.185 e. The number of halogens is 3. The maximum absolute atomic E-state index is 13.4. The second-order valence-corrected chi connectivity index (χ2v) is 7.87. The van der Waals surface area contributed by atoms with Crippen LogP contribution in [0.25, 0.3) is 22.2 Å². The quantitative estimate of drug-likeness (QED) is 0.233. The van der Waals surface area contributed by atoms with Gasteiger partial charge < -0.3 is 14.5 Å². The Kier molecular flexibility index (Phi) is 7.29. The number of carbonyl (C=O) groups is 1. The molecule has 0 atom stereocenters. The van der Waals surface area contributed by atoms with Crippen molar-refractivity contribution in [2.75, 3.05) is 5.32 Å². The molecule has 0 aliphatic heterocycles. The van der Waals surface area contributed by atoms with Gasteiger partial charge in [0.15, 0.2) is 12.0 Å². The normalized spacial score (nSPS) is 10.6. The number of hydrogen-bond donors (Lipinski definition) is 1. The third kappa shape index (κ3) is 5.42. The van der Waals surface area contributed by atoms with Crippen LogP contribution in [0.5, 0.6) is 5.75 Å². The minimum absolute atomic E-state index is 0. The first-order chi connectivity index (χ1) is 16.6. The Labute approximate surface area is 211 Å². The number of ether oxygens (including phenoxy) is 1. The van der Waals surface area contributed by atoms with Crippen LogP contribution in [0.15, 0.2) is 83.5 Å². The van der Waals surface area contributed by atoms with Gasteiger partial charge in [-0.2, -0.15) is 0 Å². The summed E-state index contributed by atoms with van der Waals surface area (Å²) in [6.07, 6.45) is 2.13. The highest BCUT2D eigenvalue weighted by Crippen LogP contribution is 2.32. The zero-order valence-corrected chi connectivity index (χ0v) is 19.6. The minimum atomic E-state index is -0.316. The number of nitrogens with one attached hydrogen (secondary N) is 1. The first-order valence-corrected chi connectivity index (χ1v) is 10.7. The van der Waals surface area contributed by atoms with Crippen molar-refractivity contribution in [1.29, 1.82) is 0 Å². The Morgan fingerprint density at radius 1 is 1.03 bits per heavy atom. The molecule has 1 N–H and O–H groups in total. The molecule has 0 amide bonds. The molecule has 0 radical (unpaired) electrons. The summed E-state index contributed by atoms with van der Waals surface area (Å²) in [6, 6.07) is 20.5. The van der Waals surface area contributed by atoms with E-state index in [1.807, 2.05) is 24.3 Å². The minimum Gasteiger partial charge on any atom is -0.487 e. The van der Waals surface area contributed by atoms with Crippen LogP contribution < -0.4 is 10.1 Å². The Hall–Kier alpha value is -3.94. The van der Waals surface area contributed by atoms with E-state index in [1.54, 1.807) is 36.4 Å². The van der Waals surface area contributed by atoms with E-state index in [2.05, 4.69) is 15.3 Å². The molecular weight excluding hydrogens is 492 g/mol. The van der Waals surface area contributed by atoms with Gasteiger partial charge in [0.25, 0.3) is 0 Å². The lowest BCUT2D eigenvalue weighted by atomic mass is 10.1. The first-order valence-electron chi connectivity index (χ1n) is 10.3. The van der Waals surface area contributed by atoms with Crippen molar-refractivity contribution in [2.45, 2.75) is 6.61 Å². The third-order valence-corrected chi connectivity index (χ3v) is 5.44. The predicted octanol–water partition coefficient (Wildman–Crippen LogP) is 7.24. The van der Waals surface area contributed by atoms with E-state index in [0.717, 1.165) is 16.5 Å². The summed E-state index contributed by atoms with van der Waals surface area (Å²) in [5.41, 5.74) is 2.94. The second-order valence-electron chi connectivity index (χ2n) is 7.46. The molecule has 3 aromatic carbocycles. The zero-order chi connectivity index (χ0) is 23.5. The van der Waals surface area contributed by atoms with Gasteiger partial charge in [-0.15, -0.1) is 12.4 Å². The number of aromatic nitrogens is 2. The Bertz CT molecular complexity index is 1510. The van der Waals surface area contributed by atoms with Crippen molar-refractivity contribution in [1.82, 2.24) is 9.97 Å². The van der Waals surface area contributed by atoms with E-state index in [0.29, 0.717) is 39.9 Å². The lowest BCUT2D eigenvalue weighted by molar-refractivity contribution is 0.110. The largest absolute Gasteiger partial charge is 0.487 e. The Morgan fingerprint density at radius 3 is 2.69 bits per heavy atom. The Balaban J connectivity index is 0.00000289. The number of carbonyl (C=O) groups excluding carboxylic acids is 1. The number of nitrogens with zero attached hydrogens (tertiary/aromatic N) is 2. The van der Waals surface area contributed by atoms with Gasteiger partial charge in [0, 0.05) is 16.6 Å². The number of hydrogen-bond acceptors (Lipinski definition) is 6. The van der Waals surface area contributed by atoms with Gasteiger partial charge >= 0.3 is 0 Å². The molecule has 0 bridgehead atoms. The van der Waals surface area contributed by atoms with Crippen LogP contribution in [0.1, 0.15) is 16.1 Å². The molecule has 35 heavy (non-hydrogen) atoms. The van der Waals surface area contributed by atoms with E-state index in [1.165, 1.54) is 18.5 Å². The molecule has 9 heteroatoms. The van der Waals surface area contributed by atoms with Crippen molar-refractivity contribution in [2.24, 2.45) is 0 Å². The van der Waals surface area contributed by atoms with Crippen LogP contribution in [0.2, 0.25) is 5.02 Å². The van der Waals surface area contributed by atoms with Gasteiger partial charge in [0.2, 0.25) is 0 Å². The van der Waals surface area contributed by atoms with Crippen molar-refractivity contribution in [3.63, 3.8) is 0 Å². The van der Waals surface area contributed by atoms with E-state index in [4.69, 9.17) is 20.8 Å². The molecule has 5 aromatic rings. The lowest BCUT2D eigenvalue weighted by Gasteiger charge is -2.12. The van der Waals surface area contributed by atoms with E-state index >= 15 is 0 Å². The van der Waals surface area contributed by atoms with Gasteiger partial charge in [-0.25, -0.2) is 14.4 Å². The zero-order valence-electron chi connectivity index (χ0n) is 18.1. The fraction of sp³-hybridized carbons (Fsp3) is 0.0385.